The van der Waals surface area contributed by atoms with E-state index in [-0.39, 0.29) is 5.96 Å². The molecule has 0 radical (unpaired) electrons. The molecule has 1 heterocycles. The number of hydrogen-bond acceptors (Lipinski definition) is 2. The van der Waals surface area contributed by atoms with Crippen LogP contribution < -0.4 is 5.73 Å². The van der Waals surface area contributed by atoms with Gasteiger partial charge >= 0.3 is 0 Å². The Hall–Kier alpha value is -1.32. The fourth-order valence-corrected chi connectivity index (χ4v) is 0.910. The molecular weight excluding hydrogens is 140 g/mol. The lowest BCUT2D eigenvalue weighted by atomic mass is 10.2. The Morgan fingerprint density at radius 2 is 2.55 bits per heavy atom. The molecule has 4 nitrogen and oxygen atoms in total. The van der Waals surface area contributed by atoms with E-state index < -0.39 is 0 Å². The number of nitrogens with zero attached hydrogens (tertiary/aromatic N) is 2. The first-order valence-electron chi connectivity index (χ1n) is 3.62. The number of aromatic nitrogens is 2. The minimum absolute atomic E-state index is 0.0349. The van der Waals surface area contributed by atoms with Gasteiger partial charge in [0.15, 0.2) is 0 Å². The van der Waals surface area contributed by atoms with Gasteiger partial charge in [0.1, 0.15) is 0 Å². The van der Waals surface area contributed by atoms with Crippen LogP contribution in [0.4, 0.5) is 0 Å². The molecule has 0 aliphatic rings. The second-order valence-corrected chi connectivity index (χ2v) is 2.43. The van der Waals surface area contributed by atoms with E-state index in [2.05, 4.69) is 12.0 Å². The van der Waals surface area contributed by atoms with Crippen LogP contribution in [-0.4, -0.2) is 15.7 Å². The molecule has 0 fully saturated rings. The monoisotopic (exact) mass is 152 g/mol. The molecule has 0 aromatic carbocycles. The van der Waals surface area contributed by atoms with Gasteiger partial charge in [0.2, 0.25) is 5.96 Å². The standard InChI is InChI=1S/C7H12N4/c1-2-3-6-4-10-11(5-6)7(8)9/h4-5H,2-3H2,1H3,(H3,8,9). The van der Waals surface area contributed by atoms with Crippen LogP contribution in [0, 0.1) is 5.41 Å². The lowest BCUT2D eigenvalue weighted by Gasteiger charge is -1.93. The molecule has 0 saturated carbocycles. The van der Waals surface area contributed by atoms with Crippen molar-refractivity contribution in [3.05, 3.63) is 18.0 Å². The summed E-state index contributed by atoms with van der Waals surface area (Å²) in [4.78, 5) is 0. The van der Waals surface area contributed by atoms with Crippen LogP contribution in [-0.2, 0) is 6.42 Å². The van der Waals surface area contributed by atoms with Gasteiger partial charge < -0.3 is 5.73 Å². The molecule has 0 unspecified atom stereocenters. The highest BCUT2D eigenvalue weighted by atomic mass is 15.3. The molecule has 1 rings (SSSR count). The van der Waals surface area contributed by atoms with Gasteiger partial charge in [-0.1, -0.05) is 13.3 Å². The first-order valence-corrected chi connectivity index (χ1v) is 3.62. The highest BCUT2D eigenvalue weighted by molar-refractivity contribution is 5.76. The normalized spacial score (nSPS) is 9.91. The van der Waals surface area contributed by atoms with Crippen molar-refractivity contribution in [2.45, 2.75) is 19.8 Å². The molecule has 0 spiro atoms. The van der Waals surface area contributed by atoms with Crippen molar-refractivity contribution in [3.8, 4) is 0 Å². The molecule has 0 amide bonds. The summed E-state index contributed by atoms with van der Waals surface area (Å²) < 4.78 is 1.37. The van der Waals surface area contributed by atoms with E-state index in [9.17, 15) is 0 Å². The molecule has 0 aliphatic heterocycles. The molecule has 1 aromatic heterocycles. The number of rotatable bonds is 2. The molecule has 4 heteroatoms. The van der Waals surface area contributed by atoms with Crippen LogP contribution in [0.15, 0.2) is 12.4 Å². The number of hydrogen-bond donors (Lipinski definition) is 2. The van der Waals surface area contributed by atoms with Gasteiger partial charge in [0.25, 0.3) is 0 Å². The van der Waals surface area contributed by atoms with E-state index >= 15 is 0 Å². The summed E-state index contributed by atoms with van der Waals surface area (Å²) in [6.07, 6.45) is 5.60. The molecule has 60 valence electrons. The van der Waals surface area contributed by atoms with Gasteiger partial charge in [-0.05, 0) is 12.0 Å². The Bertz CT molecular complexity index is 251. The summed E-state index contributed by atoms with van der Waals surface area (Å²) in [6, 6.07) is 0. The van der Waals surface area contributed by atoms with E-state index in [1.165, 1.54) is 4.68 Å². The number of nitrogens with two attached hydrogens (primary N) is 1. The average molecular weight is 152 g/mol. The van der Waals surface area contributed by atoms with Crippen LogP contribution in [0.3, 0.4) is 0 Å². The first-order chi connectivity index (χ1) is 5.24. The third-order valence-corrected chi connectivity index (χ3v) is 1.42. The fraction of sp³-hybridized carbons (Fsp3) is 0.429. The SMILES string of the molecule is CCCc1cnn(C(=N)N)c1. The number of nitrogen functional groups attached to an aromatic ring is 1. The van der Waals surface area contributed by atoms with Crippen molar-refractivity contribution < 1.29 is 0 Å². The zero-order valence-electron chi connectivity index (χ0n) is 6.54. The smallest absolute Gasteiger partial charge is 0.213 e. The van der Waals surface area contributed by atoms with E-state index in [1.807, 2.05) is 0 Å². The third kappa shape index (κ3) is 1.80. The van der Waals surface area contributed by atoms with E-state index in [1.54, 1.807) is 12.4 Å². The van der Waals surface area contributed by atoms with Crippen LogP contribution in [0.1, 0.15) is 18.9 Å². The lowest BCUT2D eigenvalue weighted by Crippen LogP contribution is -2.20. The largest absolute Gasteiger partial charge is 0.368 e. The molecule has 0 atom stereocenters. The van der Waals surface area contributed by atoms with Gasteiger partial charge in [0.05, 0.1) is 6.20 Å². The summed E-state index contributed by atoms with van der Waals surface area (Å²) in [5.74, 6) is -0.0349. The molecule has 1 aromatic rings. The zero-order valence-corrected chi connectivity index (χ0v) is 6.54. The number of aryl methyl sites for hydroxylation is 1. The maximum Gasteiger partial charge on any atom is 0.213 e. The third-order valence-electron chi connectivity index (χ3n) is 1.42. The topological polar surface area (TPSA) is 67.7 Å². The van der Waals surface area contributed by atoms with Crippen LogP contribution in [0.25, 0.3) is 0 Å². The summed E-state index contributed by atoms with van der Waals surface area (Å²) in [5.41, 5.74) is 6.33. The summed E-state index contributed by atoms with van der Waals surface area (Å²) >= 11 is 0. The van der Waals surface area contributed by atoms with Crippen molar-refractivity contribution in [2.75, 3.05) is 0 Å². The fourth-order valence-electron chi connectivity index (χ4n) is 0.910. The van der Waals surface area contributed by atoms with Crippen molar-refractivity contribution in [1.82, 2.24) is 9.78 Å². The molecule has 0 aliphatic carbocycles. The molecular formula is C7H12N4. The first kappa shape index (κ1) is 7.78. The number of nitrogens with one attached hydrogen (secondary N) is 1. The molecule has 3 N–H and O–H groups in total. The predicted molar refractivity (Wildman–Crippen MR) is 43.5 cm³/mol. The second kappa shape index (κ2) is 3.18. The predicted octanol–water partition coefficient (Wildman–Crippen LogP) is 0.577. The van der Waals surface area contributed by atoms with Gasteiger partial charge in [-0.15, -0.1) is 0 Å². The molecule has 11 heavy (non-hydrogen) atoms. The Labute approximate surface area is 65.5 Å². The van der Waals surface area contributed by atoms with Crippen molar-refractivity contribution in [2.24, 2.45) is 5.73 Å². The molecule has 0 saturated heterocycles. The minimum atomic E-state index is -0.0349. The maximum atomic E-state index is 7.06. The van der Waals surface area contributed by atoms with Crippen molar-refractivity contribution in [1.29, 1.82) is 5.41 Å². The summed E-state index contributed by atoms with van der Waals surface area (Å²) in [5, 5.41) is 11.0. The van der Waals surface area contributed by atoms with Gasteiger partial charge in [-0.2, -0.15) is 5.10 Å². The zero-order chi connectivity index (χ0) is 8.27. The second-order valence-electron chi connectivity index (χ2n) is 2.43. The maximum absolute atomic E-state index is 7.06. The van der Waals surface area contributed by atoms with E-state index in [0.29, 0.717) is 0 Å². The lowest BCUT2D eigenvalue weighted by molar-refractivity contribution is 0.905. The summed E-state index contributed by atoms with van der Waals surface area (Å²) in [6.45, 7) is 2.10. The average Bonchev–Trinajstić information content (AvgIpc) is 2.37. The van der Waals surface area contributed by atoms with Crippen LogP contribution >= 0.6 is 0 Å². The quantitative estimate of drug-likeness (QED) is 0.480. The van der Waals surface area contributed by atoms with Gasteiger partial charge in [-0.25, -0.2) is 4.68 Å². The Balaban J connectivity index is 2.73. The minimum Gasteiger partial charge on any atom is -0.368 e. The molecule has 0 bridgehead atoms. The van der Waals surface area contributed by atoms with Gasteiger partial charge in [0, 0.05) is 6.20 Å². The van der Waals surface area contributed by atoms with Crippen molar-refractivity contribution >= 4 is 5.96 Å². The van der Waals surface area contributed by atoms with Crippen molar-refractivity contribution in [3.63, 3.8) is 0 Å². The Morgan fingerprint density at radius 3 is 3.00 bits per heavy atom. The van der Waals surface area contributed by atoms with Gasteiger partial charge in [-0.3, -0.25) is 5.41 Å². The Kier molecular flexibility index (Phi) is 2.25. The summed E-state index contributed by atoms with van der Waals surface area (Å²) in [7, 11) is 0. The highest BCUT2D eigenvalue weighted by Crippen LogP contribution is 1.99. The van der Waals surface area contributed by atoms with E-state index in [4.69, 9.17) is 11.1 Å². The van der Waals surface area contributed by atoms with Crippen LogP contribution in [0.2, 0.25) is 0 Å². The Morgan fingerprint density at radius 1 is 1.82 bits per heavy atom. The van der Waals surface area contributed by atoms with Crippen LogP contribution in [0.5, 0.6) is 0 Å². The van der Waals surface area contributed by atoms with E-state index in [0.717, 1.165) is 18.4 Å². The highest BCUT2D eigenvalue weighted by Gasteiger charge is 1.97.